The Morgan fingerprint density at radius 3 is 3.00 bits per heavy atom. The lowest BCUT2D eigenvalue weighted by molar-refractivity contribution is 0.227. The van der Waals surface area contributed by atoms with Crippen molar-refractivity contribution < 1.29 is 4.74 Å². The molecule has 3 aromatic heterocycles. The van der Waals surface area contributed by atoms with E-state index in [1.54, 1.807) is 18.6 Å². The molecule has 0 radical (unpaired) electrons. The van der Waals surface area contributed by atoms with Crippen LogP contribution in [0.4, 0.5) is 5.82 Å². The topological polar surface area (TPSA) is 90.9 Å². The average molecular weight is 376 g/mol. The van der Waals surface area contributed by atoms with Crippen LogP contribution in [-0.2, 0) is 12.0 Å². The average Bonchev–Trinajstić information content (AvgIpc) is 3.43. The lowest BCUT2D eigenvalue weighted by Crippen LogP contribution is -2.25. The zero-order valence-electron chi connectivity index (χ0n) is 15.9. The Hall–Kier alpha value is -2.93. The van der Waals surface area contributed by atoms with Gasteiger partial charge in [-0.1, -0.05) is 6.07 Å². The molecule has 0 aliphatic carbocycles. The fourth-order valence-corrected chi connectivity index (χ4v) is 4.34. The van der Waals surface area contributed by atoms with Crippen molar-refractivity contribution in [2.45, 2.75) is 37.8 Å². The number of anilines is 1. The second-order valence-electron chi connectivity index (χ2n) is 7.75. The Morgan fingerprint density at radius 1 is 1.29 bits per heavy atom. The summed E-state index contributed by atoms with van der Waals surface area (Å²) in [5, 5.41) is 8.33. The van der Waals surface area contributed by atoms with Gasteiger partial charge in [0.25, 0.3) is 0 Å². The zero-order chi connectivity index (χ0) is 19.1. The van der Waals surface area contributed by atoms with Crippen LogP contribution in [0.3, 0.4) is 0 Å². The minimum absolute atomic E-state index is 0.173. The molecule has 3 aromatic rings. The standard InChI is InChI=1S/C21H24N6O/c1-14(15-3-2-6-23-11-15)28-18-9-16(12-25-20(18)22)17-10-19-21(4-7-24-13-21)5-8-27(19)26-17/h2-3,6,9-12,14,24H,4-5,7-8,13H2,1H3,(H2,22,25). The highest BCUT2D eigenvalue weighted by Gasteiger charge is 2.42. The van der Waals surface area contributed by atoms with Gasteiger partial charge in [-0.05, 0) is 44.5 Å². The van der Waals surface area contributed by atoms with E-state index in [4.69, 9.17) is 15.6 Å². The van der Waals surface area contributed by atoms with Crippen LogP contribution >= 0.6 is 0 Å². The van der Waals surface area contributed by atoms with Gasteiger partial charge >= 0.3 is 0 Å². The van der Waals surface area contributed by atoms with Crippen molar-refractivity contribution in [2.24, 2.45) is 0 Å². The summed E-state index contributed by atoms with van der Waals surface area (Å²) in [6.45, 7) is 5.06. The first-order valence-electron chi connectivity index (χ1n) is 9.76. The van der Waals surface area contributed by atoms with Crippen LogP contribution in [0.2, 0.25) is 0 Å². The Morgan fingerprint density at radius 2 is 2.21 bits per heavy atom. The molecule has 1 spiro atoms. The monoisotopic (exact) mass is 376 g/mol. The number of rotatable bonds is 4. The maximum atomic E-state index is 6.09. The largest absolute Gasteiger partial charge is 0.482 e. The van der Waals surface area contributed by atoms with Crippen LogP contribution in [0, 0.1) is 0 Å². The first-order valence-corrected chi connectivity index (χ1v) is 9.76. The number of hydrogen-bond acceptors (Lipinski definition) is 6. The van der Waals surface area contributed by atoms with E-state index in [2.05, 4.69) is 26.0 Å². The highest BCUT2D eigenvalue weighted by Crippen LogP contribution is 2.41. The molecular formula is C21H24N6O. The molecule has 2 aliphatic rings. The number of nitrogens with one attached hydrogen (secondary N) is 1. The molecule has 1 saturated heterocycles. The van der Waals surface area contributed by atoms with E-state index in [-0.39, 0.29) is 11.5 Å². The maximum Gasteiger partial charge on any atom is 0.166 e. The fraction of sp³-hybridized carbons (Fsp3) is 0.381. The van der Waals surface area contributed by atoms with E-state index in [1.165, 1.54) is 18.5 Å². The molecule has 0 aromatic carbocycles. The molecular weight excluding hydrogens is 352 g/mol. The number of ether oxygens (including phenoxy) is 1. The Labute approximate surface area is 164 Å². The van der Waals surface area contributed by atoms with Crippen LogP contribution in [0.1, 0.15) is 37.1 Å². The second kappa shape index (κ2) is 6.60. The summed E-state index contributed by atoms with van der Waals surface area (Å²) < 4.78 is 8.24. The van der Waals surface area contributed by atoms with Gasteiger partial charge in [0.2, 0.25) is 0 Å². The Kier molecular flexibility index (Phi) is 4.05. The van der Waals surface area contributed by atoms with Crippen LogP contribution < -0.4 is 15.8 Å². The number of nitrogen functional groups attached to an aromatic ring is 1. The van der Waals surface area contributed by atoms with Crippen LogP contribution in [0.5, 0.6) is 5.75 Å². The van der Waals surface area contributed by atoms with Gasteiger partial charge in [-0.15, -0.1) is 0 Å². The molecule has 7 heteroatoms. The number of hydrogen-bond donors (Lipinski definition) is 2. The third kappa shape index (κ3) is 2.82. The summed E-state index contributed by atoms with van der Waals surface area (Å²) in [6.07, 6.45) is 7.49. The third-order valence-electron chi connectivity index (χ3n) is 6.00. The number of aryl methyl sites for hydroxylation is 1. The predicted octanol–water partition coefficient (Wildman–Crippen LogP) is 2.70. The predicted molar refractivity (Wildman–Crippen MR) is 107 cm³/mol. The molecule has 2 unspecified atom stereocenters. The van der Waals surface area contributed by atoms with E-state index < -0.39 is 0 Å². The minimum Gasteiger partial charge on any atom is -0.482 e. The summed E-state index contributed by atoms with van der Waals surface area (Å²) in [5.41, 5.74) is 10.5. The number of nitrogens with two attached hydrogens (primary N) is 1. The second-order valence-corrected chi connectivity index (χ2v) is 7.75. The van der Waals surface area contributed by atoms with Crippen LogP contribution in [0.25, 0.3) is 11.3 Å². The van der Waals surface area contributed by atoms with Crippen molar-refractivity contribution in [1.82, 2.24) is 25.1 Å². The van der Waals surface area contributed by atoms with Gasteiger partial charge in [0, 0.05) is 53.9 Å². The van der Waals surface area contributed by atoms with Crippen LogP contribution in [-0.4, -0.2) is 32.8 Å². The lowest BCUT2D eigenvalue weighted by atomic mass is 9.82. The summed E-state index contributed by atoms with van der Waals surface area (Å²) in [5.74, 6) is 0.946. The van der Waals surface area contributed by atoms with Crippen molar-refractivity contribution in [3.05, 3.63) is 54.1 Å². The van der Waals surface area contributed by atoms with Gasteiger partial charge in [0.1, 0.15) is 6.10 Å². The number of pyridine rings is 2. The highest BCUT2D eigenvalue weighted by atomic mass is 16.5. The molecule has 2 atom stereocenters. The van der Waals surface area contributed by atoms with Gasteiger partial charge in [0.15, 0.2) is 11.6 Å². The zero-order valence-corrected chi connectivity index (χ0v) is 15.9. The molecule has 28 heavy (non-hydrogen) atoms. The third-order valence-corrected chi connectivity index (χ3v) is 6.00. The first kappa shape index (κ1) is 17.2. The summed E-state index contributed by atoms with van der Waals surface area (Å²) in [7, 11) is 0. The van der Waals surface area contributed by atoms with Crippen molar-refractivity contribution in [3.8, 4) is 17.0 Å². The van der Waals surface area contributed by atoms with Crippen molar-refractivity contribution in [2.75, 3.05) is 18.8 Å². The SMILES string of the molecule is CC(Oc1cc(-c2cc3n(n2)CCC32CCNC2)cnc1N)c1cccnc1. The van der Waals surface area contributed by atoms with Gasteiger partial charge in [-0.25, -0.2) is 4.98 Å². The summed E-state index contributed by atoms with van der Waals surface area (Å²) >= 11 is 0. The number of nitrogens with zero attached hydrogens (tertiary/aromatic N) is 4. The first-order chi connectivity index (χ1) is 13.6. The van der Waals surface area contributed by atoms with Crippen molar-refractivity contribution >= 4 is 5.82 Å². The molecule has 2 aliphatic heterocycles. The fourth-order valence-electron chi connectivity index (χ4n) is 4.34. The molecule has 144 valence electrons. The minimum atomic E-state index is -0.173. The van der Waals surface area contributed by atoms with Crippen molar-refractivity contribution in [1.29, 1.82) is 0 Å². The Balaban J connectivity index is 1.44. The molecule has 0 saturated carbocycles. The molecule has 1 fully saturated rings. The molecule has 3 N–H and O–H groups in total. The van der Waals surface area contributed by atoms with E-state index in [9.17, 15) is 0 Å². The van der Waals surface area contributed by atoms with E-state index in [0.717, 1.165) is 36.5 Å². The highest BCUT2D eigenvalue weighted by molar-refractivity contribution is 5.64. The Bertz CT molecular complexity index is 993. The quantitative estimate of drug-likeness (QED) is 0.728. The van der Waals surface area contributed by atoms with E-state index in [1.807, 2.05) is 25.1 Å². The molecule has 7 nitrogen and oxygen atoms in total. The van der Waals surface area contributed by atoms with Gasteiger partial charge in [0.05, 0.1) is 5.69 Å². The van der Waals surface area contributed by atoms with Gasteiger partial charge in [-0.3, -0.25) is 9.67 Å². The normalized spacial score (nSPS) is 21.8. The van der Waals surface area contributed by atoms with Gasteiger partial charge in [-0.2, -0.15) is 5.10 Å². The molecule has 5 rings (SSSR count). The number of fused-ring (bicyclic) bond motifs is 2. The maximum absolute atomic E-state index is 6.09. The molecule has 0 amide bonds. The summed E-state index contributed by atoms with van der Waals surface area (Å²) in [6, 6.07) is 8.03. The summed E-state index contributed by atoms with van der Waals surface area (Å²) in [4.78, 5) is 8.50. The van der Waals surface area contributed by atoms with E-state index in [0.29, 0.717) is 11.6 Å². The molecule has 5 heterocycles. The van der Waals surface area contributed by atoms with Gasteiger partial charge < -0.3 is 15.8 Å². The number of aromatic nitrogens is 4. The smallest absolute Gasteiger partial charge is 0.166 e. The molecule has 0 bridgehead atoms. The van der Waals surface area contributed by atoms with Crippen LogP contribution in [0.15, 0.2) is 42.9 Å². The van der Waals surface area contributed by atoms with E-state index >= 15 is 0 Å². The lowest BCUT2D eigenvalue weighted by Gasteiger charge is -2.20. The van der Waals surface area contributed by atoms with Crippen molar-refractivity contribution in [3.63, 3.8) is 0 Å².